The van der Waals surface area contributed by atoms with Gasteiger partial charge in [0.2, 0.25) is 0 Å². The Morgan fingerprint density at radius 2 is 1.71 bits per heavy atom. The van der Waals surface area contributed by atoms with Crippen molar-refractivity contribution in [2.75, 3.05) is 7.11 Å². The first-order chi connectivity index (χ1) is 14.5. The Morgan fingerprint density at radius 3 is 2.26 bits per heavy atom. The van der Waals surface area contributed by atoms with Gasteiger partial charge in [-0.3, -0.25) is 9.69 Å². The Morgan fingerprint density at radius 1 is 1.06 bits per heavy atom. The van der Waals surface area contributed by atoms with Gasteiger partial charge < -0.3 is 14.8 Å². The SMILES string of the molecule is COc1cc(CN2C(=O)NC(C)(c3ccc(C(C)(C)C)cc3)C2=O)ccc1OC(F)F. The summed E-state index contributed by atoms with van der Waals surface area (Å²) in [5.41, 5.74) is 1.10. The third kappa shape index (κ3) is 4.47. The number of nitrogens with one attached hydrogen (secondary N) is 1. The van der Waals surface area contributed by atoms with Crippen molar-refractivity contribution in [3.63, 3.8) is 0 Å². The lowest BCUT2D eigenvalue weighted by atomic mass is 9.84. The molecule has 3 amide bonds. The van der Waals surface area contributed by atoms with Crippen LogP contribution in [0.3, 0.4) is 0 Å². The van der Waals surface area contributed by atoms with Crippen molar-refractivity contribution < 1.29 is 27.8 Å². The van der Waals surface area contributed by atoms with Crippen molar-refractivity contribution in [3.8, 4) is 11.5 Å². The largest absolute Gasteiger partial charge is 0.493 e. The number of benzene rings is 2. The summed E-state index contributed by atoms with van der Waals surface area (Å²) in [6.07, 6.45) is 0. The van der Waals surface area contributed by atoms with Crippen molar-refractivity contribution in [2.24, 2.45) is 0 Å². The van der Waals surface area contributed by atoms with Crippen molar-refractivity contribution in [3.05, 3.63) is 59.2 Å². The molecule has 3 rings (SSSR count). The van der Waals surface area contributed by atoms with Gasteiger partial charge in [-0.05, 0) is 41.2 Å². The molecule has 166 valence electrons. The van der Waals surface area contributed by atoms with E-state index in [9.17, 15) is 18.4 Å². The van der Waals surface area contributed by atoms with Gasteiger partial charge in [-0.15, -0.1) is 0 Å². The number of alkyl halides is 2. The lowest BCUT2D eigenvalue weighted by molar-refractivity contribution is -0.131. The molecule has 1 atom stereocenters. The minimum absolute atomic E-state index is 0.0341. The van der Waals surface area contributed by atoms with E-state index in [0.717, 1.165) is 10.5 Å². The maximum atomic E-state index is 13.2. The van der Waals surface area contributed by atoms with Gasteiger partial charge in [0.25, 0.3) is 5.91 Å². The lowest BCUT2D eigenvalue weighted by Gasteiger charge is -2.24. The number of carbonyl (C=O) groups is 2. The molecule has 0 saturated carbocycles. The van der Waals surface area contributed by atoms with E-state index in [1.165, 1.54) is 25.3 Å². The van der Waals surface area contributed by atoms with E-state index in [-0.39, 0.29) is 23.5 Å². The number of ether oxygens (including phenoxy) is 2. The number of hydrogen-bond donors (Lipinski definition) is 1. The fourth-order valence-corrected chi connectivity index (χ4v) is 3.53. The van der Waals surface area contributed by atoms with E-state index in [2.05, 4.69) is 30.8 Å². The number of carbonyl (C=O) groups excluding carboxylic acids is 2. The summed E-state index contributed by atoms with van der Waals surface area (Å²) < 4.78 is 34.5. The van der Waals surface area contributed by atoms with E-state index in [1.54, 1.807) is 6.92 Å². The average molecular weight is 432 g/mol. The maximum absolute atomic E-state index is 13.2. The first-order valence-corrected chi connectivity index (χ1v) is 9.82. The highest BCUT2D eigenvalue weighted by molar-refractivity contribution is 6.07. The lowest BCUT2D eigenvalue weighted by Crippen LogP contribution is -2.40. The normalized spacial score (nSPS) is 19.0. The molecule has 0 spiro atoms. The Balaban J connectivity index is 1.83. The Labute approximate surface area is 180 Å². The second-order valence-electron chi connectivity index (χ2n) is 8.64. The van der Waals surface area contributed by atoms with Crippen LogP contribution in [-0.2, 0) is 22.3 Å². The zero-order valence-electron chi connectivity index (χ0n) is 18.2. The van der Waals surface area contributed by atoms with E-state index in [4.69, 9.17) is 4.74 Å². The highest BCUT2D eigenvalue weighted by atomic mass is 19.3. The van der Waals surface area contributed by atoms with Crippen molar-refractivity contribution in [1.29, 1.82) is 0 Å². The van der Waals surface area contributed by atoms with Crippen molar-refractivity contribution in [1.82, 2.24) is 10.2 Å². The highest BCUT2D eigenvalue weighted by Gasteiger charge is 2.49. The monoisotopic (exact) mass is 432 g/mol. The summed E-state index contributed by atoms with van der Waals surface area (Å²) in [6, 6.07) is 11.4. The molecule has 0 aromatic heterocycles. The molecule has 1 unspecified atom stereocenters. The molecular formula is C23H26F2N2O4. The average Bonchev–Trinajstić information content (AvgIpc) is 2.92. The molecule has 1 heterocycles. The van der Waals surface area contributed by atoms with Crippen LogP contribution in [-0.4, -0.2) is 30.6 Å². The van der Waals surface area contributed by atoms with Gasteiger partial charge in [-0.1, -0.05) is 51.1 Å². The minimum Gasteiger partial charge on any atom is -0.493 e. The van der Waals surface area contributed by atoms with Crippen LogP contribution in [0.15, 0.2) is 42.5 Å². The molecule has 0 radical (unpaired) electrons. The van der Waals surface area contributed by atoms with Gasteiger partial charge >= 0.3 is 12.6 Å². The second kappa shape index (κ2) is 8.17. The summed E-state index contributed by atoms with van der Waals surface area (Å²) in [7, 11) is 1.32. The minimum atomic E-state index is -2.99. The molecule has 1 fully saturated rings. The quantitative estimate of drug-likeness (QED) is 0.680. The van der Waals surface area contributed by atoms with Gasteiger partial charge in [0, 0.05) is 0 Å². The maximum Gasteiger partial charge on any atom is 0.387 e. The summed E-state index contributed by atoms with van der Waals surface area (Å²) >= 11 is 0. The molecular weight excluding hydrogens is 406 g/mol. The van der Waals surface area contributed by atoms with Crippen LogP contribution in [0, 0.1) is 0 Å². The van der Waals surface area contributed by atoms with Crippen LogP contribution in [0.25, 0.3) is 0 Å². The van der Waals surface area contributed by atoms with Crippen LogP contribution >= 0.6 is 0 Å². The molecule has 1 saturated heterocycles. The van der Waals surface area contributed by atoms with Crippen LogP contribution in [0.4, 0.5) is 13.6 Å². The second-order valence-corrected chi connectivity index (χ2v) is 8.64. The number of urea groups is 1. The third-order valence-corrected chi connectivity index (χ3v) is 5.39. The molecule has 1 aliphatic heterocycles. The van der Waals surface area contributed by atoms with Gasteiger partial charge in [0.15, 0.2) is 11.5 Å². The molecule has 1 N–H and O–H groups in total. The zero-order chi connectivity index (χ0) is 23.0. The van der Waals surface area contributed by atoms with Crippen LogP contribution in [0.5, 0.6) is 11.5 Å². The number of nitrogens with zero attached hydrogens (tertiary/aromatic N) is 1. The smallest absolute Gasteiger partial charge is 0.387 e. The van der Waals surface area contributed by atoms with E-state index < -0.39 is 24.1 Å². The van der Waals surface area contributed by atoms with Gasteiger partial charge in [0.1, 0.15) is 5.54 Å². The van der Waals surface area contributed by atoms with Crippen molar-refractivity contribution >= 4 is 11.9 Å². The van der Waals surface area contributed by atoms with Gasteiger partial charge in [0.05, 0.1) is 13.7 Å². The van der Waals surface area contributed by atoms with E-state index >= 15 is 0 Å². The summed E-state index contributed by atoms with van der Waals surface area (Å²) in [5.74, 6) is -0.430. The zero-order valence-corrected chi connectivity index (χ0v) is 18.2. The van der Waals surface area contributed by atoms with Crippen molar-refractivity contribution in [2.45, 2.75) is 51.8 Å². The molecule has 2 aromatic rings. The predicted molar refractivity (Wildman–Crippen MR) is 111 cm³/mol. The topological polar surface area (TPSA) is 67.9 Å². The summed E-state index contributed by atoms with van der Waals surface area (Å²) in [6.45, 7) is 4.93. The number of rotatable bonds is 6. The van der Waals surface area contributed by atoms with E-state index in [0.29, 0.717) is 11.1 Å². The number of halogens is 2. The van der Waals surface area contributed by atoms with Crippen LogP contribution in [0.1, 0.15) is 44.4 Å². The first-order valence-electron chi connectivity index (χ1n) is 9.82. The standard InChI is InChI=1S/C23H26F2N2O4/c1-22(2,3)15-7-9-16(10-8-15)23(4)19(28)27(21(29)26-23)13-14-6-11-17(31-20(24)25)18(12-14)30-5/h6-12,20H,13H2,1-5H3,(H,26,29). The Kier molecular flexibility index (Phi) is 5.93. The number of amides is 3. The third-order valence-electron chi connectivity index (χ3n) is 5.39. The summed E-state index contributed by atoms with van der Waals surface area (Å²) in [4.78, 5) is 26.9. The predicted octanol–water partition coefficient (Wildman–Crippen LogP) is 4.56. The molecule has 6 nitrogen and oxygen atoms in total. The summed E-state index contributed by atoms with van der Waals surface area (Å²) in [5, 5.41) is 2.77. The van der Waals surface area contributed by atoms with Gasteiger partial charge in [-0.2, -0.15) is 8.78 Å². The Hall–Kier alpha value is -3.16. The molecule has 0 aliphatic carbocycles. The first kappa shape index (κ1) is 22.5. The van der Waals surface area contributed by atoms with Gasteiger partial charge in [-0.25, -0.2) is 4.79 Å². The molecule has 0 bridgehead atoms. The number of hydrogen-bond acceptors (Lipinski definition) is 4. The molecule has 8 heteroatoms. The Bertz CT molecular complexity index is 986. The fraction of sp³-hybridized carbons (Fsp3) is 0.391. The molecule has 31 heavy (non-hydrogen) atoms. The van der Waals surface area contributed by atoms with Crippen LogP contribution in [0.2, 0.25) is 0 Å². The highest BCUT2D eigenvalue weighted by Crippen LogP contribution is 2.34. The fourth-order valence-electron chi connectivity index (χ4n) is 3.53. The molecule has 2 aromatic carbocycles. The number of imide groups is 1. The molecule has 1 aliphatic rings. The van der Waals surface area contributed by atoms with E-state index in [1.807, 2.05) is 24.3 Å². The number of methoxy groups -OCH3 is 1. The van der Waals surface area contributed by atoms with Crippen LogP contribution < -0.4 is 14.8 Å².